The van der Waals surface area contributed by atoms with E-state index in [2.05, 4.69) is 14.9 Å². The number of carbonyl (C=O) groups is 1. The van der Waals surface area contributed by atoms with Gasteiger partial charge in [0, 0.05) is 61.7 Å². The van der Waals surface area contributed by atoms with Gasteiger partial charge in [0.15, 0.2) is 5.49 Å². The Morgan fingerprint density at radius 2 is 2.09 bits per heavy atom. The van der Waals surface area contributed by atoms with Gasteiger partial charge < -0.3 is 19.9 Å². The first-order chi connectivity index (χ1) is 15.9. The molecular formula is C24H29FN6O2. The van der Waals surface area contributed by atoms with Gasteiger partial charge in [0.1, 0.15) is 29.7 Å². The molecule has 0 bridgehead atoms. The first kappa shape index (κ1) is 24.1. The van der Waals surface area contributed by atoms with E-state index in [9.17, 15) is 9.18 Å². The number of nitrogens with two attached hydrogens (primary N) is 1. The zero-order chi connectivity index (χ0) is 24.0. The average Bonchev–Trinajstić information content (AvgIpc) is 2.83. The van der Waals surface area contributed by atoms with Crippen molar-refractivity contribution in [3.63, 3.8) is 0 Å². The number of morpholine rings is 1. The third-order valence-electron chi connectivity index (χ3n) is 5.46. The van der Waals surface area contributed by atoms with E-state index in [1.807, 2.05) is 13.2 Å². The smallest absolute Gasteiger partial charge is 0.159 e. The van der Waals surface area contributed by atoms with Gasteiger partial charge in [0.05, 0.1) is 13.2 Å². The van der Waals surface area contributed by atoms with Gasteiger partial charge in [-0.3, -0.25) is 9.79 Å². The predicted molar refractivity (Wildman–Crippen MR) is 127 cm³/mol. The lowest BCUT2D eigenvalue weighted by Gasteiger charge is -2.34. The van der Waals surface area contributed by atoms with Gasteiger partial charge >= 0.3 is 0 Å². The predicted octanol–water partition coefficient (Wildman–Crippen LogP) is 2.37. The minimum absolute atomic E-state index is 0.263. The van der Waals surface area contributed by atoms with E-state index in [1.54, 1.807) is 49.9 Å². The van der Waals surface area contributed by atoms with E-state index in [0.29, 0.717) is 53.5 Å². The zero-order valence-corrected chi connectivity index (χ0v) is 19.3. The molecule has 0 radical (unpaired) electrons. The van der Waals surface area contributed by atoms with E-state index in [-0.39, 0.29) is 6.10 Å². The second-order valence-corrected chi connectivity index (χ2v) is 7.72. The zero-order valence-electron chi connectivity index (χ0n) is 19.3. The molecule has 1 atom stereocenters. The molecule has 3 rings (SSSR count). The molecule has 2 aromatic rings. The van der Waals surface area contributed by atoms with Crippen LogP contribution in [0.25, 0.3) is 11.3 Å². The summed E-state index contributed by atoms with van der Waals surface area (Å²) in [6.45, 7) is 5.03. The van der Waals surface area contributed by atoms with Crippen molar-refractivity contribution in [3.8, 4) is 11.3 Å². The molecule has 0 saturated carbocycles. The third kappa shape index (κ3) is 5.43. The van der Waals surface area contributed by atoms with Crippen molar-refractivity contribution in [1.82, 2.24) is 9.55 Å². The first-order valence-corrected chi connectivity index (χ1v) is 10.6. The van der Waals surface area contributed by atoms with Gasteiger partial charge in [-0.1, -0.05) is 12.1 Å². The number of aldehydes is 1. The summed E-state index contributed by atoms with van der Waals surface area (Å²) in [5.41, 5.74) is 8.74. The lowest BCUT2D eigenvalue weighted by atomic mass is 10.1. The molecule has 1 fully saturated rings. The summed E-state index contributed by atoms with van der Waals surface area (Å²) >= 11 is 0. The summed E-state index contributed by atoms with van der Waals surface area (Å²) in [5, 5.41) is 0. The number of aryl methyl sites for hydroxylation is 1. The fourth-order valence-electron chi connectivity index (χ4n) is 3.49. The average molecular weight is 453 g/mol. The number of allylic oxidation sites excluding steroid dienone is 2. The van der Waals surface area contributed by atoms with Crippen molar-refractivity contribution in [3.05, 3.63) is 64.8 Å². The number of hydrogen-bond donors (Lipinski definition) is 1. The Bertz CT molecular complexity index is 1180. The van der Waals surface area contributed by atoms with Gasteiger partial charge in [-0.2, -0.15) is 0 Å². The Morgan fingerprint density at radius 3 is 2.76 bits per heavy atom. The molecule has 9 heteroatoms. The molecule has 2 heterocycles. The van der Waals surface area contributed by atoms with Crippen molar-refractivity contribution in [2.75, 3.05) is 31.6 Å². The fourth-order valence-corrected chi connectivity index (χ4v) is 3.49. The summed E-state index contributed by atoms with van der Waals surface area (Å²) in [4.78, 5) is 26.7. The van der Waals surface area contributed by atoms with Crippen molar-refractivity contribution >= 4 is 18.3 Å². The number of anilines is 1. The van der Waals surface area contributed by atoms with Crippen molar-refractivity contribution < 1.29 is 13.9 Å². The summed E-state index contributed by atoms with van der Waals surface area (Å²) in [7, 11) is 3.50. The molecule has 33 heavy (non-hydrogen) atoms. The number of rotatable bonds is 6. The van der Waals surface area contributed by atoms with Crippen LogP contribution in [-0.2, 0) is 16.6 Å². The van der Waals surface area contributed by atoms with Crippen LogP contribution in [0.5, 0.6) is 0 Å². The van der Waals surface area contributed by atoms with E-state index in [4.69, 9.17) is 15.5 Å². The molecule has 2 N–H and O–H groups in total. The minimum atomic E-state index is -0.403. The number of aliphatic imine (C=N–C) groups is 1. The summed E-state index contributed by atoms with van der Waals surface area (Å²) < 4.78 is 22.5. The van der Waals surface area contributed by atoms with Crippen LogP contribution in [0.3, 0.4) is 0 Å². The lowest BCUT2D eigenvalue weighted by molar-refractivity contribution is -0.104. The third-order valence-corrected chi connectivity index (χ3v) is 5.46. The molecule has 1 aliphatic heterocycles. The summed E-state index contributed by atoms with van der Waals surface area (Å²) in [6, 6.07) is 6.44. The number of ether oxygens (including phenoxy) is 1. The molecule has 0 spiro atoms. The fraction of sp³-hybridized carbons (Fsp3) is 0.333. The highest BCUT2D eigenvalue weighted by atomic mass is 19.1. The van der Waals surface area contributed by atoms with Crippen molar-refractivity contribution in [2.24, 2.45) is 22.8 Å². The molecule has 1 aromatic heterocycles. The highest BCUT2D eigenvalue weighted by molar-refractivity contribution is 5.80. The topological polar surface area (TPSA) is 98.1 Å². The van der Waals surface area contributed by atoms with Gasteiger partial charge in [-0.25, -0.2) is 14.4 Å². The Hall–Kier alpha value is -3.59. The number of hydrogen-bond acceptors (Lipinski definition) is 7. The van der Waals surface area contributed by atoms with Gasteiger partial charge in [-0.15, -0.1) is 0 Å². The molecule has 8 nitrogen and oxygen atoms in total. The second-order valence-electron chi connectivity index (χ2n) is 7.72. The summed E-state index contributed by atoms with van der Waals surface area (Å²) in [5.74, 6) is 0.251. The number of benzene rings is 1. The largest absolute Gasteiger partial charge is 0.404 e. The number of aromatic nitrogens is 2. The molecule has 0 aliphatic carbocycles. The lowest BCUT2D eigenvalue weighted by Crippen LogP contribution is -2.44. The number of nitrogens with zero attached hydrogens (tertiary/aromatic N) is 5. The molecule has 174 valence electrons. The molecule has 0 amide bonds. The molecule has 1 aliphatic rings. The standard InChI is InChI=1S/C24H29FN6O2/c1-16(15-32)17(2)28-24-23(19-7-5-6-8-20(19)25)29-22(14-30(24)4)31-9-10-33-21(13-31)18(11-26)12-27-3/h5-8,11-12,14-15,21H,9-10,13,26H2,1-4H3/b17-16-,18-11+,27-12?,28-24?. The number of halogens is 1. The number of carbonyl (C=O) groups excluding carboxylic acids is 1. The van der Waals surface area contributed by atoms with E-state index in [1.165, 1.54) is 12.3 Å². The van der Waals surface area contributed by atoms with Crippen LogP contribution in [0.1, 0.15) is 13.8 Å². The van der Waals surface area contributed by atoms with E-state index < -0.39 is 5.82 Å². The maximum atomic E-state index is 14.8. The maximum absolute atomic E-state index is 14.8. The van der Waals surface area contributed by atoms with Crippen LogP contribution in [0.15, 0.2) is 63.5 Å². The normalized spacial score (nSPS) is 18.6. The van der Waals surface area contributed by atoms with Crippen LogP contribution in [0, 0.1) is 5.82 Å². The highest BCUT2D eigenvalue weighted by Gasteiger charge is 2.25. The van der Waals surface area contributed by atoms with Crippen molar-refractivity contribution in [2.45, 2.75) is 20.0 Å². The maximum Gasteiger partial charge on any atom is 0.159 e. The Morgan fingerprint density at radius 1 is 1.33 bits per heavy atom. The van der Waals surface area contributed by atoms with E-state index >= 15 is 0 Å². The van der Waals surface area contributed by atoms with Gasteiger partial charge in [0.2, 0.25) is 0 Å². The molecular weight excluding hydrogens is 423 g/mol. The highest BCUT2D eigenvalue weighted by Crippen LogP contribution is 2.23. The Balaban J connectivity index is 2.15. The Kier molecular flexibility index (Phi) is 7.89. The van der Waals surface area contributed by atoms with E-state index in [0.717, 1.165) is 11.9 Å². The molecule has 1 saturated heterocycles. The van der Waals surface area contributed by atoms with Crippen LogP contribution in [0.4, 0.5) is 10.2 Å². The van der Waals surface area contributed by atoms with Crippen LogP contribution in [-0.4, -0.2) is 54.9 Å². The Labute approximate surface area is 192 Å². The quantitative estimate of drug-likeness (QED) is 0.412. The second kappa shape index (κ2) is 10.8. The van der Waals surface area contributed by atoms with Crippen LogP contribution < -0.4 is 16.1 Å². The van der Waals surface area contributed by atoms with Crippen molar-refractivity contribution in [1.29, 1.82) is 0 Å². The molecule has 1 unspecified atom stereocenters. The molecule has 1 aromatic carbocycles. The monoisotopic (exact) mass is 452 g/mol. The van der Waals surface area contributed by atoms with Crippen LogP contribution >= 0.6 is 0 Å². The SMILES string of the molecule is CN=C/C(=C\N)C1CN(c2cn(C)c(=N/C(C)=C(/C)C=O)c(-c3ccccc3F)n2)CCO1. The summed E-state index contributed by atoms with van der Waals surface area (Å²) in [6.07, 6.45) is 5.50. The van der Waals surface area contributed by atoms with Gasteiger partial charge in [-0.05, 0) is 26.0 Å². The minimum Gasteiger partial charge on any atom is -0.404 e. The van der Waals surface area contributed by atoms with Crippen LogP contribution in [0.2, 0.25) is 0 Å². The first-order valence-electron chi connectivity index (χ1n) is 10.6. The van der Waals surface area contributed by atoms with Gasteiger partial charge in [0.25, 0.3) is 0 Å².